The third-order valence-corrected chi connectivity index (χ3v) is 3.40. The van der Waals surface area contributed by atoms with Crippen LogP contribution in [0.1, 0.15) is 12.0 Å². The first-order chi connectivity index (χ1) is 6.34. The van der Waals surface area contributed by atoms with Gasteiger partial charge in [0, 0.05) is 12.0 Å². The molecule has 1 aromatic carbocycles. The zero-order valence-electron chi connectivity index (χ0n) is 7.67. The fourth-order valence-corrected chi connectivity index (χ4v) is 2.61. The summed E-state index contributed by atoms with van der Waals surface area (Å²) in [4.78, 5) is 2.44. The van der Waals surface area contributed by atoms with E-state index in [1.165, 1.54) is 31.6 Å². The molecule has 1 N–H and O–H groups in total. The summed E-state index contributed by atoms with van der Waals surface area (Å²) in [6, 6.07) is 10.8. The maximum Gasteiger partial charge on any atom is 0.103 e. The van der Waals surface area contributed by atoms with Gasteiger partial charge >= 0.3 is 0 Å². The minimum atomic E-state index is 0.742. The van der Waals surface area contributed by atoms with Gasteiger partial charge in [-0.15, -0.1) is 0 Å². The van der Waals surface area contributed by atoms with Crippen LogP contribution in [0.15, 0.2) is 30.3 Å². The van der Waals surface area contributed by atoms with Gasteiger partial charge in [0.15, 0.2) is 0 Å². The number of hydrogen-bond acceptors (Lipinski definition) is 0. The zero-order chi connectivity index (χ0) is 9.10. The second-order valence-electron chi connectivity index (χ2n) is 3.75. The molecule has 0 bridgehead atoms. The van der Waals surface area contributed by atoms with E-state index in [9.17, 15) is 0 Å². The molecule has 1 nitrogen and oxygen atoms in total. The van der Waals surface area contributed by atoms with Crippen molar-refractivity contribution < 1.29 is 4.90 Å². The molecule has 70 valence electrons. The Kier molecular flexibility index (Phi) is 3.01. The van der Waals surface area contributed by atoms with Crippen LogP contribution in [0.5, 0.6) is 0 Å². The highest BCUT2D eigenvalue weighted by Gasteiger charge is 2.23. The second-order valence-corrected chi connectivity index (χ2v) is 5.05. The molecule has 1 aliphatic heterocycles. The van der Waals surface area contributed by atoms with Crippen molar-refractivity contribution in [2.75, 3.05) is 13.1 Å². The molecule has 2 heteroatoms. The van der Waals surface area contributed by atoms with Crippen LogP contribution < -0.4 is 4.90 Å². The molecule has 2 rings (SSSR count). The van der Waals surface area contributed by atoms with Gasteiger partial charge in [0.2, 0.25) is 0 Å². The zero-order valence-corrected chi connectivity index (χ0v) is 9.26. The third kappa shape index (κ3) is 2.55. The van der Waals surface area contributed by atoms with Crippen LogP contribution in [0.4, 0.5) is 0 Å². The highest BCUT2D eigenvalue weighted by Crippen LogP contribution is 2.05. The molecule has 1 heterocycles. The van der Waals surface area contributed by atoms with E-state index in [1.807, 2.05) is 0 Å². The first-order valence-corrected chi connectivity index (χ1v) is 5.78. The van der Waals surface area contributed by atoms with Crippen molar-refractivity contribution in [2.45, 2.75) is 17.8 Å². The maximum absolute atomic E-state index is 3.67. The predicted molar refractivity (Wildman–Crippen MR) is 58.2 cm³/mol. The molecule has 1 aliphatic rings. The number of alkyl halides is 1. The Labute approximate surface area is 87.9 Å². The Bertz CT molecular complexity index is 260. The molecule has 2 atom stereocenters. The van der Waals surface area contributed by atoms with Crippen molar-refractivity contribution in [1.82, 2.24) is 0 Å². The molecule has 1 unspecified atom stereocenters. The fourth-order valence-electron chi connectivity index (χ4n) is 1.92. The van der Waals surface area contributed by atoms with Gasteiger partial charge in [0.1, 0.15) is 6.54 Å². The normalized spacial score (nSPS) is 27.8. The topological polar surface area (TPSA) is 4.44 Å². The number of likely N-dealkylation sites (tertiary alicyclic amines) is 1. The summed E-state index contributed by atoms with van der Waals surface area (Å²) in [6.45, 7) is 3.77. The van der Waals surface area contributed by atoms with Crippen LogP contribution in [0.25, 0.3) is 0 Å². The minimum absolute atomic E-state index is 0.742. The van der Waals surface area contributed by atoms with Crippen molar-refractivity contribution >= 4 is 15.9 Å². The van der Waals surface area contributed by atoms with Gasteiger partial charge in [-0.25, -0.2) is 0 Å². The number of nitrogens with one attached hydrogen (secondary N) is 1. The lowest BCUT2D eigenvalue weighted by molar-refractivity contribution is -0.901. The van der Waals surface area contributed by atoms with Gasteiger partial charge in [-0.05, 0) is 0 Å². The van der Waals surface area contributed by atoms with Crippen molar-refractivity contribution in [1.29, 1.82) is 0 Å². The van der Waals surface area contributed by atoms with E-state index in [0.717, 1.165) is 4.83 Å². The Balaban J connectivity index is 1.92. The predicted octanol–water partition coefficient (Wildman–Crippen LogP) is 1.24. The molecular formula is C11H15BrN+. The summed E-state index contributed by atoms with van der Waals surface area (Å²) in [7, 11) is 0. The molecular weight excluding hydrogens is 226 g/mol. The minimum Gasteiger partial charge on any atom is -0.330 e. The van der Waals surface area contributed by atoms with Crippen molar-refractivity contribution in [3.63, 3.8) is 0 Å². The van der Waals surface area contributed by atoms with Gasteiger partial charge in [-0.3, -0.25) is 0 Å². The average Bonchev–Trinajstić information content (AvgIpc) is 2.53. The van der Waals surface area contributed by atoms with E-state index in [2.05, 4.69) is 46.3 Å². The first-order valence-electron chi connectivity index (χ1n) is 4.86. The summed E-state index contributed by atoms with van der Waals surface area (Å²) in [5, 5.41) is 0. The smallest absolute Gasteiger partial charge is 0.103 e. The third-order valence-electron chi connectivity index (χ3n) is 2.62. The monoisotopic (exact) mass is 240 g/mol. The summed E-state index contributed by atoms with van der Waals surface area (Å²) in [5.41, 5.74) is 1.46. The van der Waals surface area contributed by atoms with Crippen molar-refractivity contribution in [2.24, 2.45) is 0 Å². The lowest BCUT2D eigenvalue weighted by Crippen LogP contribution is -3.09. The summed E-state index contributed by atoms with van der Waals surface area (Å²) >= 11 is 3.67. The maximum atomic E-state index is 3.67. The molecule has 0 radical (unpaired) electrons. The second kappa shape index (κ2) is 4.25. The van der Waals surface area contributed by atoms with E-state index in [1.54, 1.807) is 4.90 Å². The van der Waals surface area contributed by atoms with Gasteiger partial charge < -0.3 is 4.90 Å². The van der Waals surface area contributed by atoms with Crippen LogP contribution in [0, 0.1) is 0 Å². The Morgan fingerprint density at radius 2 is 2.08 bits per heavy atom. The molecule has 0 spiro atoms. The van der Waals surface area contributed by atoms with Crippen molar-refractivity contribution in [3.8, 4) is 0 Å². The van der Waals surface area contributed by atoms with Gasteiger partial charge in [-0.1, -0.05) is 46.3 Å². The van der Waals surface area contributed by atoms with Gasteiger partial charge in [-0.2, -0.15) is 0 Å². The SMILES string of the molecule is Br[C@@H]1CC[NH+](Cc2ccccc2)C1. The van der Waals surface area contributed by atoms with Crippen LogP contribution in [0.3, 0.4) is 0 Å². The molecule has 0 aromatic heterocycles. The highest BCUT2D eigenvalue weighted by molar-refractivity contribution is 9.09. The standard InChI is InChI=1S/C11H14BrN/c12-11-6-7-13(9-11)8-10-4-2-1-3-5-10/h1-5,11H,6-9H2/p+1/t11-/m1/s1. The first kappa shape index (κ1) is 9.22. The molecule has 0 saturated carbocycles. The van der Waals surface area contributed by atoms with E-state index in [-0.39, 0.29) is 0 Å². The van der Waals surface area contributed by atoms with E-state index in [0.29, 0.717) is 0 Å². The molecule has 1 fully saturated rings. The molecule has 1 aromatic rings. The molecule has 0 amide bonds. The molecule has 0 aliphatic carbocycles. The largest absolute Gasteiger partial charge is 0.330 e. The number of hydrogen-bond donors (Lipinski definition) is 1. The summed E-state index contributed by atoms with van der Waals surface area (Å²) in [6.07, 6.45) is 1.32. The van der Waals surface area contributed by atoms with Crippen LogP contribution in [-0.2, 0) is 6.54 Å². The number of quaternary nitrogens is 1. The average molecular weight is 241 g/mol. The van der Waals surface area contributed by atoms with Crippen LogP contribution in [-0.4, -0.2) is 17.9 Å². The number of benzene rings is 1. The van der Waals surface area contributed by atoms with Gasteiger partial charge in [0.05, 0.1) is 17.9 Å². The van der Waals surface area contributed by atoms with E-state index in [4.69, 9.17) is 0 Å². The van der Waals surface area contributed by atoms with Crippen molar-refractivity contribution in [3.05, 3.63) is 35.9 Å². The quantitative estimate of drug-likeness (QED) is 0.743. The summed E-state index contributed by atoms with van der Waals surface area (Å²) in [5.74, 6) is 0. The lowest BCUT2D eigenvalue weighted by atomic mass is 10.2. The molecule has 1 saturated heterocycles. The lowest BCUT2D eigenvalue weighted by Gasteiger charge is -2.11. The Morgan fingerprint density at radius 3 is 2.69 bits per heavy atom. The van der Waals surface area contributed by atoms with Gasteiger partial charge in [0.25, 0.3) is 0 Å². The van der Waals surface area contributed by atoms with E-state index < -0.39 is 0 Å². The molecule has 13 heavy (non-hydrogen) atoms. The highest BCUT2D eigenvalue weighted by atomic mass is 79.9. The fraction of sp³-hybridized carbons (Fsp3) is 0.455. The number of halogens is 1. The Hall–Kier alpha value is -0.340. The number of rotatable bonds is 2. The summed E-state index contributed by atoms with van der Waals surface area (Å²) < 4.78 is 0. The van der Waals surface area contributed by atoms with E-state index >= 15 is 0 Å². The van der Waals surface area contributed by atoms with Crippen LogP contribution in [0.2, 0.25) is 0 Å². The Morgan fingerprint density at radius 1 is 1.31 bits per heavy atom. The van der Waals surface area contributed by atoms with Crippen LogP contribution >= 0.6 is 15.9 Å².